The monoisotopic (exact) mass is 183 g/mol. The molecule has 0 aliphatic carbocycles. The SMILES string of the molecule is NC(=O)c1cc(COC=O)cn1N. The molecule has 0 atom stereocenters. The predicted octanol–water partition coefficient (Wildman–Crippen LogP) is -1.03. The van der Waals surface area contributed by atoms with Crippen molar-refractivity contribution in [3.8, 4) is 0 Å². The van der Waals surface area contributed by atoms with Gasteiger partial charge in [-0.15, -0.1) is 0 Å². The minimum Gasteiger partial charge on any atom is -0.463 e. The molecule has 0 radical (unpaired) electrons. The zero-order valence-electron chi connectivity index (χ0n) is 6.77. The zero-order chi connectivity index (χ0) is 9.84. The predicted molar refractivity (Wildman–Crippen MR) is 44.0 cm³/mol. The molecule has 6 nitrogen and oxygen atoms in total. The van der Waals surface area contributed by atoms with Crippen molar-refractivity contribution in [2.24, 2.45) is 5.73 Å². The van der Waals surface area contributed by atoms with Crippen LogP contribution in [0, 0.1) is 0 Å². The first-order chi connectivity index (χ1) is 6.15. The van der Waals surface area contributed by atoms with Crippen molar-refractivity contribution in [1.82, 2.24) is 4.68 Å². The highest BCUT2D eigenvalue weighted by molar-refractivity contribution is 5.91. The molecule has 1 rings (SSSR count). The van der Waals surface area contributed by atoms with Crippen LogP contribution in [0.25, 0.3) is 0 Å². The molecule has 0 aliphatic heterocycles. The Morgan fingerprint density at radius 1 is 1.69 bits per heavy atom. The first-order valence-corrected chi connectivity index (χ1v) is 3.46. The first-order valence-electron chi connectivity index (χ1n) is 3.46. The van der Waals surface area contributed by atoms with Gasteiger partial charge in [0.25, 0.3) is 12.4 Å². The number of rotatable bonds is 4. The molecule has 0 saturated heterocycles. The molecule has 1 aromatic heterocycles. The summed E-state index contributed by atoms with van der Waals surface area (Å²) < 4.78 is 5.56. The minimum atomic E-state index is -0.625. The number of carbonyl (C=O) groups excluding carboxylic acids is 2. The fourth-order valence-corrected chi connectivity index (χ4v) is 0.943. The van der Waals surface area contributed by atoms with Crippen LogP contribution < -0.4 is 11.6 Å². The second-order valence-electron chi connectivity index (χ2n) is 2.41. The molecule has 0 spiro atoms. The molecule has 0 fully saturated rings. The molecule has 0 saturated carbocycles. The van der Waals surface area contributed by atoms with E-state index >= 15 is 0 Å². The number of carbonyl (C=O) groups is 2. The number of primary amides is 1. The van der Waals surface area contributed by atoms with Crippen molar-refractivity contribution < 1.29 is 14.3 Å². The topological polar surface area (TPSA) is 100 Å². The summed E-state index contributed by atoms with van der Waals surface area (Å²) in [5, 5.41) is 0. The van der Waals surface area contributed by atoms with E-state index in [1.807, 2.05) is 0 Å². The van der Waals surface area contributed by atoms with E-state index in [1.165, 1.54) is 12.3 Å². The molecule has 1 heterocycles. The Morgan fingerprint density at radius 2 is 2.38 bits per heavy atom. The molecular formula is C7H9N3O3. The zero-order valence-corrected chi connectivity index (χ0v) is 6.77. The van der Waals surface area contributed by atoms with E-state index in [2.05, 4.69) is 4.74 Å². The molecule has 6 heteroatoms. The number of hydrogen-bond acceptors (Lipinski definition) is 4. The van der Waals surface area contributed by atoms with Crippen molar-refractivity contribution in [3.63, 3.8) is 0 Å². The van der Waals surface area contributed by atoms with Crippen LogP contribution in [0.5, 0.6) is 0 Å². The van der Waals surface area contributed by atoms with Gasteiger partial charge in [0.15, 0.2) is 0 Å². The van der Waals surface area contributed by atoms with Gasteiger partial charge in [-0.3, -0.25) is 14.3 Å². The van der Waals surface area contributed by atoms with Crippen molar-refractivity contribution in [3.05, 3.63) is 23.5 Å². The third-order valence-corrected chi connectivity index (χ3v) is 1.48. The number of hydrogen-bond donors (Lipinski definition) is 2. The smallest absolute Gasteiger partial charge is 0.293 e. The Labute approximate surface area is 74.0 Å². The van der Waals surface area contributed by atoms with Gasteiger partial charge in [0.2, 0.25) is 0 Å². The molecule has 0 unspecified atom stereocenters. The number of nitrogen functional groups attached to an aromatic ring is 1. The van der Waals surface area contributed by atoms with Crippen LogP contribution in [0.3, 0.4) is 0 Å². The summed E-state index contributed by atoms with van der Waals surface area (Å²) in [7, 11) is 0. The Morgan fingerprint density at radius 3 is 2.85 bits per heavy atom. The van der Waals surface area contributed by atoms with E-state index in [-0.39, 0.29) is 12.3 Å². The van der Waals surface area contributed by atoms with Crippen LogP contribution in [0.4, 0.5) is 0 Å². The fourth-order valence-electron chi connectivity index (χ4n) is 0.943. The minimum absolute atomic E-state index is 0.0774. The van der Waals surface area contributed by atoms with Gasteiger partial charge in [-0.05, 0) is 6.07 Å². The van der Waals surface area contributed by atoms with E-state index < -0.39 is 5.91 Å². The van der Waals surface area contributed by atoms with Gasteiger partial charge < -0.3 is 16.3 Å². The lowest BCUT2D eigenvalue weighted by Gasteiger charge is -1.94. The molecule has 1 aromatic rings. The molecule has 0 aromatic carbocycles. The maximum Gasteiger partial charge on any atom is 0.293 e. The summed E-state index contributed by atoms with van der Waals surface area (Å²) in [5.41, 5.74) is 5.79. The van der Waals surface area contributed by atoms with E-state index in [0.29, 0.717) is 12.0 Å². The van der Waals surface area contributed by atoms with E-state index in [0.717, 1.165) is 4.68 Å². The van der Waals surface area contributed by atoms with Gasteiger partial charge in [0.1, 0.15) is 12.3 Å². The standard InChI is InChI=1S/C7H9N3O3/c8-7(12)6-1-5(2-10(6)9)3-13-4-11/h1-2,4H,3,9H2,(H2,8,12). The Kier molecular flexibility index (Phi) is 2.53. The van der Waals surface area contributed by atoms with Gasteiger partial charge in [-0.2, -0.15) is 0 Å². The van der Waals surface area contributed by atoms with Crippen molar-refractivity contribution in [1.29, 1.82) is 0 Å². The quantitative estimate of drug-likeness (QED) is 0.460. The van der Waals surface area contributed by atoms with Crippen molar-refractivity contribution in [2.45, 2.75) is 6.61 Å². The molecule has 1 amide bonds. The highest BCUT2D eigenvalue weighted by Gasteiger charge is 2.08. The summed E-state index contributed by atoms with van der Waals surface area (Å²) in [4.78, 5) is 20.6. The van der Waals surface area contributed by atoms with Crippen LogP contribution in [0.15, 0.2) is 12.3 Å². The van der Waals surface area contributed by atoms with Gasteiger partial charge in [-0.1, -0.05) is 0 Å². The number of ether oxygens (including phenoxy) is 1. The lowest BCUT2D eigenvalue weighted by Crippen LogP contribution is -2.20. The Bertz CT molecular complexity index is 332. The molecule has 4 N–H and O–H groups in total. The second-order valence-corrected chi connectivity index (χ2v) is 2.41. The average Bonchev–Trinajstić information content (AvgIpc) is 2.43. The summed E-state index contributed by atoms with van der Waals surface area (Å²) in [6, 6.07) is 1.46. The highest BCUT2D eigenvalue weighted by atomic mass is 16.5. The summed E-state index contributed by atoms with van der Waals surface area (Å²) in [6.07, 6.45) is 1.46. The lowest BCUT2D eigenvalue weighted by atomic mass is 10.3. The molecule has 70 valence electrons. The van der Waals surface area contributed by atoms with Crippen LogP contribution in [-0.4, -0.2) is 17.1 Å². The van der Waals surface area contributed by atoms with Crippen molar-refractivity contribution >= 4 is 12.4 Å². The molecular weight excluding hydrogens is 174 g/mol. The maximum absolute atomic E-state index is 10.7. The third kappa shape index (κ3) is 1.98. The summed E-state index contributed by atoms with van der Waals surface area (Å²) in [5.74, 6) is 4.76. The largest absolute Gasteiger partial charge is 0.463 e. The van der Waals surface area contributed by atoms with Crippen molar-refractivity contribution in [2.75, 3.05) is 5.84 Å². The van der Waals surface area contributed by atoms with Crippen LogP contribution >= 0.6 is 0 Å². The van der Waals surface area contributed by atoms with Gasteiger partial charge in [-0.25, -0.2) is 0 Å². The average molecular weight is 183 g/mol. The summed E-state index contributed by atoms with van der Waals surface area (Å²) in [6.45, 7) is 0.395. The normalized spacial score (nSPS) is 9.54. The number of aromatic nitrogens is 1. The highest BCUT2D eigenvalue weighted by Crippen LogP contribution is 2.05. The van der Waals surface area contributed by atoms with E-state index in [9.17, 15) is 9.59 Å². The Balaban J connectivity index is 2.82. The first kappa shape index (κ1) is 9.11. The van der Waals surface area contributed by atoms with Gasteiger partial charge in [0.05, 0.1) is 0 Å². The Hall–Kier alpha value is -1.98. The summed E-state index contributed by atoms with van der Waals surface area (Å²) >= 11 is 0. The second kappa shape index (κ2) is 3.61. The number of nitrogens with two attached hydrogens (primary N) is 2. The van der Waals surface area contributed by atoms with E-state index in [1.54, 1.807) is 0 Å². The van der Waals surface area contributed by atoms with Gasteiger partial charge in [0, 0.05) is 11.8 Å². The lowest BCUT2D eigenvalue weighted by molar-refractivity contribution is -0.129. The maximum atomic E-state index is 10.7. The van der Waals surface area contributed by atoms with Gasteiger partial charge >= 0.3 is 0 Å². The van der Waals surface area contributed by atoms with Crippen LogP contribution in [-0.2, 0) is 16.1 Å². The fraction of sp³-hybridized carbons (Fsp3) is 0.143. The molecule has 0 aliphatic rings. The van der Waals surface area contributed by atoms with Crippen LogP contribution in [0.1, 0.15) is 16.1 Å². The number of amides is 1. The molecule has 13 heavy (non-hydrogen) atoms. The number of nitrogens with zero attached hydrogens (tertiary/aromatic N) is 1. The van der Waals surface area contributed by atoms with Crippen LogP contribution in [0.2, 0.25) is 0 Å². The third-order valence-electron chi connectivity index (χ3n) is 1.48. The van der Waals surface area contributed by atoms with E-state index in [4.69, 9.17) is 11.6 Å². The molecule has 0 bridgehead atoms.